The second-order valence-corrected chi connectivity index (χ2v) is 5.75. The van der Waals surface area contributed by atoms with Gasteiger partial charge in [0.25, 0.3) is 0 Å². The van der Waals surface area contributed by atoms with Crippen LogP contribution in [0.25, 0.3) is 0 Å². The van der Waals surface area contributed by atoms with Crippen molar-refractivity contribution in [2.75, 3.05) is 0 Å². The Bertz CT molecular complexity index is 824. The van der Waals surface area contributed by atoms with Crippen LogP contribution in [0, 0.1) is 13.8 Å². The normalized spacial score (nSPS) is 10.6. The summed E-state index contributed by atoms with van der Waals surface area (Å²) in [5.41, 5.74) is 4.47. The molecular weight excluding hydrogens is 300 g/mol. The van der Waals surface area contributed by atoms with E-state index in [1.807, 2.05) is 68.4 Å². The summed E-state index contributed by atoms with van der Waals surface area (Å²) in [5.74, 6) is -0.292. The molecule has 4 nitrogen and oxygen atoms in total. The predicted octanol–water partition coefficient (Wildman–Crippen LogP) is 3.91. The second kappa shape index (κ2) is 7.13. The van der Waals surface area contributed by atoms with Crippen molar-refractivity contribution in [1.29, 1.82) is 0 Å². The van der Waals surface area contributed by atoms with Gasteiger partial charge in [-0.3, -0.25) is 4.98 Å². The number of carbonyl (C=O) groups is 1. The smallest absolute Gasteiger partial charge is 0.340 e. The van der Waals surface area contributed by atoms with E-state index in [2.05, 4.69) is 9.55 Å². The highest BCUT2D eigenvalue weighted by Crippen LogP contribution is 2.18. The number of aromatic nitrogens is 2. The number of aryl methyl sites for hydroxylation is 1. The lowest BCUT2D eigenvalue weighted by molar-refractivity contribution is 0.0471. The molecule has 0 unspecified atom stereocenters. The third-order valence-corrected chi connectivity index (χ3v) is 4.05. The summed E-state index contributed by atoms with van der Waals surface area (Å²) >= 11 is 0. The average molecular weight is 320 g/mol. The van der Waals surface area contributed by atoms with Gasteiger partial charge in [0.15, 0.2) is 0 Å². The molecule has 0 aliphatic heterocycles. The Kier molecular flexibility index (Phi) is 4.75. The molecule has 0 bridgehead atoms. The Hall–Kier alpha value is -2.88. The highest BCUT2D eigenvalue weighted by Gasteiger charge is 2.17. The van der Waals surface area contributed by atoms with E-state index >= 15 is 0 Å². The standard InChI is InChI=1S/C20H20N2O2/c1-15-12-19(20(23)24-14-17-8-4-3-5-9-17)16(2)22(15)13-18-10-6-7-11-21-18/h3-12H,13-14H2,1-2H3. The largest absolute Gasteiger partial charge is 0.457 e. The van der Waals surface area contributed by atoms with E-state index in [9.17, 15) is 4.79 Å². The number of carbonyl (C=O) groups excluding carboxylic acids is 1. The molecule has 0 saturated heterocycles. The van der Waals surface area contributed by atoms with E-state index in [1.165, 1.54) is 0 Å². The fraction of sp³-hybridized carbons (Fsp3) is 0.200. The number of hydrogen-bond acceptors (Lipinski definition) is 3. The lowest BCUT2D eigenvalue weighted by atomic mass is 10.2. The molecule has 0 aliphatic carbocycles. The maximum Gasteiger partial charge on any atom is 0.340 e. The quantitative estimate of drug-likeness (QED) is 0.670. The summed E-state index contributed by atoms with van der Waals surface area (Å²) in [6, 6.07) is 17.4. The van der Waals surface area contributed by atoms with Gasteiger partial charge in [0.1, 0.15) is 6.61 Å². The minimum Gasteiger partial charge on any atom is -0.457 e. The van der Waals surface area contributed by atoms with Crippen molar-refractivity contribution >= 4 is 5.97 Å². The van der Waals surface area contributed by atoms with E-state index in [0.717, 1.165) is 22.6 Å². The summed E-state index contributed by atoms with van der Waals surface area (Å²) in [5, 5.41) is 0. The van der Waals surface area contributed by atoms with Crippen molar-refractivity contribution in [3.05, 3.63) is 89.0 Å². The summed E-state index contributed by atoms with van der Waals surface area (Å²) in [6.07, 6.45) is 1.78. The van der Waals surface area contributed by atoms with Gasteiger partial charge in [-0.05, 0) is 37.6 Å². The van der Waals surface area contributed by atoms with Crippen molar-refractivity contribution in [1.82, 2.24) is 9.55 Å². The van der Waals surface area contributed by atoms with Gasteiger partial charge in [-0.25, -0.2) is 4.79 Å². The monoisotopic (exact) mass is 320 g/mol. The fourth-order valence-corrected chi connectivity index (χ4v) is 2.71. The molecule has 0 atom stereocenters. The molecule has 0 N–H and O–H groups in total. The summed E-state index contributed by atoms with van der Waals surface area (Å²) in [7, 11) is 0. The first-order chi connectivity index (χ1) is 11.6. The number of benzene rings is 1. The van der Waals surface area contributed by atoms with E-state index in [4.69, 9.17) is 4.74 Å². The number of pyridine rings is 1. The van der Waals surface area contributed by atoms with Crippen LogP contribution in [0.4, 0.5) is 0 Å². The molecule has 0 spiro atoms. The Morgan fingerprint density at radius 3 is 2.54 bits per heavy atom. The zero-order chi connectivity index (χ0) is 16.9. The van der Waals surface area contributed by atoms with Crippen LogP contribution in [0.1, 0.15) is 33.0 Å². The van der Waals surface area contributed by atoms with Crippen molar-refractivity contribution in [2.45, 2.75) is 27.0 Å². The van der Waals surface area contributed by atoms with Crippen LogP contribution in [-0.4, -0.2) is 15.5 Å². The molecule has 0 amide bonds. The Morgan fingerprint density at radius 2 is 1.83 bits per heavy atom. The summed E-state index contributed by atoms with van der Waals surface area (Å²) < 4.78 is 7.53. The third-order valence-electron chi connectivity index (χ3n) is 4.05. The molecule has 24 heavy (non-hydrogen) atoms. The maximum absolute atomic E-state index is 12.4. The number of rotatable bonds is 5. The van der Waals surface area contributed by atoms with Crippen molar-refractivity contribution < 1.29 is 9.53 Å². The van der Waals surface area contributed by atoms with Gasteiger partial charge >= 0.3 is 5.97 Å². The van der Waals surface area contributed by atoms with Crippen LogP contribution in [0.3, 0.4) is 0 Å². The van der Waals surface area contributed by atoms with E-state index < -0.39 is 0 Å². The molecule has 3 aromatic rings. The van der Waals surface area contributed by atoms with E-state index in [0.29, 0.717) is 12.1 Å². The van der Waals surface area contributed by atoms with Crippen LogP contribution in [0.15, 0.2) is 60.8 Å². The Morgan fingerprint density at radius 1 is 1.08 bits per heavy atom. The topological polar surface area (TPSA) is 44.1 Å². The number of hydrogen-bond donors (Lipinski definition) is 0. The van der Waals surface area contributed by atoms with Gasteiger partial charge in [-0.1, -0.05) is 36.4 Å². The summed E-state index contributed by atoms with van der Waals surface area (Å²) in [6.45, 7) is 4.85. The first-order valence-corrected chi connectivity index (χ1v) is 7.93. The van der Waals surface area contributed by atoms with Crippen molar-refractivity contribution in [3.63, 3.8) is 0 Å². The minimum atomic E-state index is -0.292. The molecule has 122 valence electrons. The van der Waals surface area contributed by atoms with E-state index in [-0.39, 0.29) is 12.6 Å². The molecule has 3 rings (SSSR count). The first-order valence-electron chi connectivity index (χ1n) is 7.93. The van der Waals surface area contributed by atoms with Gasteiger partial charge in [-0.2, -0.15) is 0 Å². The van der Waals surface area contributed by atoms with Gasteiger partial charge in [-0.15, -0.1) is 0 Å². The number of ether oxygens (including phenoxy) is 1. The van der Waals surface area contributed by atoms with Crippen molar-refractivity contribution in [2.24, 2.45) is 0 Å². The SMILES string of the molecule is Cc1cc(C(=O)OCc2ccccc2)c(C)n1Cc1ccccn1. The van der Waals surface area contributed by atoms with Gasteiger partial charge < -0.3 is 9.30 Å². The van der Waals surface area contributed by atoms with Gasteiger partial charge in [0.2, 0.25) is 0 Å². The van der Waals surface area contributed by atoms with E-state index in [1.54, 1.807) is 6.20 Å². The summed E-state index contributed by atoms with van der Waals surface area (Å²) in [4.78, 5) is 16.8. The molecular formula is C20H20N2O2. The zero-order valence-corrected chi connectivity index (χ0v) is 13.9. The van der Waals surface area contributed by atoms with Crippen LogP contribution in [0.5, 0.6) is 0 Å². The number of esters is 1. The van der Waals surface area contributed by atoms with Crippen LogP contribution < -0.4 is 0 Å². The van der Waals surface area contributed by atoms with Gasteiger partial charge in [0.05, 0.1) is 17.8 Å². The van der Waals surface area contributed by atoms with Crippen LogP contribution in [-0.2, 0) is 17.9 Å². The first kappa shape index (κ1) is 16.0. The zero-order valence-electron chi connectivity index (χ0n) is 13.9. The lowest BCUT2D eigenvalue weighted by Crippen LogP contribution is -2.09. The van der Waals surface area contributed by atoms with Crippen LogP contribution in [0.2, 0.25) is 0 Å². The molecule has 0 radical (unpaired) electrons. The highest BCUT2D eigenvalue weighted by molar-refractivity contribution is 5.91. The fourth-order valence-electron chi connectivity index (χ4n) is 2.71. The lowest BCUT2D eigenvalue weighted by Gasteiger charge is -2.09. The third kappa shape index (κ3) is 3.54. The minimum absolute atomic E-state index is 0.281. The molecule has 1 aromatic carbocycles. The second-order valence-electron chi connectivity index (χ2n) is 5.75. The Labute approximate surface area is 141 Å². The maximum atomic E-state index is 12.4. The molecule has 0 aliphatic rings. The molecule has 4 heteroatoms. The molecule has 0 fully saturated rings. The highest BCUT2D eigenvalue weighted by atomic mass is 16.5. The Balaban J connectivity index is 1.74. The molecule has 0 saturated carbocycles. The average Bonchev–Trinajstić information content (AvgIpc) is 2.90. The molecule has 2 aromatic heterocycles. The van der Waals surface area contributed by atoms with Gasteiger partial charge in [0, 0.05) is 17.6 Å². The van der Waals surface area contributed by atoms with Crippen molar-refractivity contribution in [3.8, 4) is 0 Å². The number of nitrogens with zero attached hydrogens (tertiary/aromatic N) is 2. The van der Waals surface area contributed by atoms with Crippen LogP contribution >= 0.6 is 0 Å². The predicted molar refractivity (Wildman–Crippen MR) is 92.8 cm³/mol. The molecule has 2 heterocycles.